The number of nitrogens with zero attached hydrogens (tertiary/aromatic N) is 3. The molecular formula is C24H25N5O7S3. The number of aryl methyl sites for hydroxylation is 1. The van der Waals surface area contributed by atoms with Crippen molar-refractivity contribution in [1.82, 2.24) is 25.7 Å². The highest BCUT2D eigenvalue weighted by molar-refractivity contribution is 8.01. The minimum absolute atomic E-state index is 0.00589. The number of benzene rings is 1. The Kier molecular flexibility index (Phi) is 8.82. The number of β-lactam (4-membered cyclic amide) rings is 1. The topological polar surface area (TPSA) is 171 Å². The Hall–Kier alpha value is -3.56. The van der Waals surface area contributed by atoms with Crippen molar-refractivity contribution in [3.63, 3.8) is 0 Å². The fourth-order valence-electron chi connectivity index (χ4n) is 3.99. The number of ether oxygens (including phenoxy) is 1. The van der Waals surface area contributed by atoms with E-state index in [-0.39, 0.29) is 11.4 Å². The minimum atomic E-state index is -1.21. The molecule has 0 saturated carbocycles. The Morgan fingerprint density at radius 3 is 2.62 bits per heavy atom. The van der Waals surface area contributed by atoms with Crippen molar-refractivity contribution in [3.05, 3.63) is 57.9 Å². The summed E-state index contributed by atoms with van der Waals surface area (Å²) in [5.41, 5.74) is 1.33. The number of hydrogen-bond donors (Lipinski definition) is 4. The zero-order valence-corrected chi connectivity index (χ0v) is 23.5. The first-order valence-corrected chi connectivity index (χ1v) is 14.4. The molecule has 2 amide bonds. The number of rotatable bonds is 10. The standard InChI is InChI=1S/C24H25N5O7S3/c1-11(8-16(31)36-3)25-17(13-4-6-15(30)7-5-13)20(32)26-18-21(33)29-19(23(34)35)14(9-37-22(18)29)10-38-24-28-27-12(2)39-24/h4-8,17-18,22,25,30H,9-10H2,1-3H3,(H,26,32)(H,34,35)/t17?,18-,22+/m1/s1. The van der Waals surface area contributed by atoms with Crippen LogP contribution in [0.25, 0.3) is 0 Å². The van der Waals surface area contributed by atoms with Gasteiger partial charge in [-0.1, -0.05) is 35.2 Å². The van der Waals surface area contributed by atoms with Gasteiger partial charge in [0.1, 0.15) is 33.9 Å². The number of thioether (sulfide) groups is 2. The monoisotopic (exact) mass is 591 g/mol. The van der Waals surface area contributed by atoms with E-state index in [1.54, 1.807) is 6.92 Å². The summed E-state index contributed by atoms with van der Waals surface area (Å²) in [5.74, 6) is -2.20. The number of aliphatic carboxylic acids is 1. The van der Waals surface area contributed by atoms with Gasteiger partial charge in [0.15, 0.2) is 4.34 Å². The lowest BCUT2D eigenvalue weighted by atomic mass is 10.0. The van der Waals surface area contributed by atoms with E-state index in [0.29, 0.717) is 32.7 Å². The van der Waals surface area contributed by atoms with E-state index in [1.807, 2.05) is 6.92 Å². The number of aromatic hydroxyl groups is 1. The highest BCUT2D eigenvalue weighted by atomic mass is 32.2. The molecule has 3 atom stereocenters. The van der Waals surface area contributed by atoms with Crippen molar-refractivity contribution >= 4 is 58.6 Å². The van der Waals surface area contributed by atoms with Crippen LogP contribution in [-0.4, -0.2) is 79.1 Å². The smallest absolute Gasteiger partial charge is 0.352 e. The summed E-state index contributed by atoms with van der Waals surface area (Å²) in [7, 11) is 1.23. The number of fused-ring (bicyclic) bond motifs is 1. The fourth-order valence-corrected chi connectivity index (χ4v) is 7.29. The van der Waals surface area contributed by atoms with Crippen LogP contribution < -0.4 is 10.6 Å². The molecule has 1 aromatic heterocycles. The maximum Gasteiger partial charge on any atom is 0.352 e. The number of aromatic nitrogens is 2. The van der Waals surface area contributed by atoms with Gasteiger partial charge in [-0.05, 0) is 37.1 Å². The predicted octanol–water partition coefficient (Wildman–Crippen LogP) is 1.79. The van der Waals surface area contributed by atoms with E-state index in [1.165, 1.54) is 77.2 Å². The molecule has 0 radical (unpaired) electrons. The van der Waals surface area contributed by atoms with Crippen LogP contribution in [-0.2, 0) is 23.9 Å². The Bertz CT molecular complexity index is 1360. The summed E-state index contributed by atoms with van der Waals surface area (Å²) >= 11 is 4.14. The maximum absolute atomic E-state index is 13.4. The van der Waals surface area contributed by atoms with Gasteiger partial charge in [-0.25, -0.2) is 9.59 Å². The number of carbonyl (C=O) groups is 4. The first kappa shape index (κ1) is 28.4. The fraction of sp³-hybridized carbons (Fsp3) is 0.333. The lowest BCUT2D eigenvalue weighted by molar-refractivity contribution is -0.151. The van der Waals surface area contributed by atoms with Crippen LogP contribution in [0.4, 0.5) is 0 Å². The molecule has 206 valence electrons. The van der Waals surface area contributed by atoms with Crippen LogP contribution in [0.3, 0.4) is 0 Å². The molecule has 39 heavy (non-hydrogen) atoms. The number of amides is 2. The van der Waals surface area contributed by atoms with Crippen LogP contribution in [0.1, 0.15) is 23.5 Å². The summed E-state index contributed by atoms with van der Waals surface area (Å²) in [5, 5.41) is 33.5. The van der Waals surface area contributed by atoms with Crippen molar-refractivity contribution in [3.8, 4) is 5.75 Å². The van der Waals surface area contributed by atoms with Crippen molar-refractivity contribution in [2.24, 2.45) is 0 Å². The van der Waals surface area contributed by atoms with Gasteiger partial charge in [0.25, 0.3) is 5.91 Å². The Morgan fingerprint density at radius 2 is 2.00 bits per heavy atom. The van der Waals surface area contributed by atoms with Gasteiger partial charge >= 0.3 is 11.9 Å². The van der Waals surface area contributed by atoms with Crippen LogP contribution in [0.15, 0.2) is 51.6 Å². The highest BCUT2D eigenvalue weighted by Gasteiger charge is 2.54. The quantitative estimate of drug-likeness (QED) is 0.137. The van der Waals surface area contributed by atoms with Crippen LogP contribution >= 0.6 is 34.9 Å². The maximum atomic E-state index is 13.4. The molecule has 1 unspecified atom stereocenters. The van der Waals surface area contributed by atoms with E-state index < -0.39 is 41.2 Å². The van der Waals surface area contributed by atoms with Gasteiger partial charge in [-0.15, -0.1) is 22.0 Å². The van der Waals surface area contributed by atoms with Crippen LogP contribution in [0, 0.1) is 6.92 Å². The van der Waals surface area contributed by atoms with Crippen LogP contribution in [0.5, 0.6) is 5.75 Å². The molecule has 1 aromatic carbocycles. The number of carbonyl (C=O) groups excluding carboxylic acids is 3. The van der Waals surface area contributed by atoms with Crippen molar-refractivity contribution in [2.45, 2.75) is 35.6 Å². The molecule has 4 rings (SSSR count). The van der Waals surface area contributed by atoms with Crippen molar-refractivity contribution in [1.29, 1.82) is 0 Å². The van der Waals surface area contributed by atoms with Gasteiger partial charge in [-0.3, -0.25) is 14.5 Å². The molecule has 2 aliphatic rings. The lowest BCUT2D eigenvalue weighted by Crippen LogP contribution is -2.71. The predicted molar refractivity (Wildman–Crippen MR) is 145 cm³/mol. The molecule has 0 aliphatic carbocycles. The van der Waals surface area contributed by atoms with Crippen molar-refractivity contribution < 1.29 is 34.1 Å². The van der Waals surface area contributed by atoms with Crippen molar-refractivity contribution in [2.75, 3.05) is 18.6 Å². The number of methoxy groups -OCH3 is 1. The molecule has 12 nitrogen and oxygen atoms in total. The first-order chi connectivity index (χ1) is 18.6. The second-order valence-corrected chi connectivity index (χ2v) is 12.1. The third-order valence-electron chi connectivity index (χ3n) is 5.82. The number of carboxylic acid groups (broad SMARTS) is 1. The number of phenols is 1. The molecule has 2 aromatic rings. The number of hydrogen-bond acceptors (Lipinski definition) is 12. The van der Waals surface area contributed by atoms with Gasteiger partial charge in [0.05, 0.1) is 7.11 Å². The number of allylic oxidation sites excluding steroid dienone is 1. The highest BCUT2D eigenvalue weighted by Crippen LogP contribution is 2.42. The van der Waals surface area contributed by atoms with E-state index in [9.17, 15) is 29.4 Å². The molecule has 0 spiro atoms. The third kappa shape index (κ3) is 6.37. The molecule has 1 saturated heterocycles. The second kappa shape index (κ2) is 12.1. The molecule has 15 heteroatoms. The molecular weight excluding hydrogens is 566 g/mol. The average Bonchev–Trinajstić information content (AvgIpc) is 3.33. The van der Waals surface area contributed by atoms with Gasteiger partial charge in [0, 0.05) is 23.3 Å². The van der Waals surface area contributed by atoms with E-state index in [2.05, 4.69) is 25.6 Å². The number of nitrogens with one attached hydrogen (secondary N) is 2. The Balaban J connectivity index is 1.50. The molecule has 3 heterocycles. The number of esters is 1. The summed E-state index contributed by atoms with van der Waals surface area (Å²) in [6, 6.07) is 3.95. The third-order valence-corrected chi connectivity index (χ3v) is 9.22. The van der Waals surface area contributed by atoms with E-state index in [4.69, 9.17) is 0 Å². The largest absolute Gasteiger partial charge is 0.508 e. The summed E-state index contributed by atoms with van der Waals surface area (Å²) in [6.45, 7) is 3.41. The number of carboxylic acids is 1. The normalized spacial score (nSPS) is 19.6. The summed E-state index contributed by atoms with van der Waals surface area (Å²) in [6.07, 6.45) is 1.18. The average molecular weight is 592 g/mol. The minimum Gasteiger partial charge on any atom is -0.508 e. The Morgan fingerprint density at radius 1 is 1.28 bits per heavy atom. The van der Waals surface area contributed by atoms with Gasteiger partial charge in [-0.2, -0.15) is 0 Å². The second-order valence-electron chi connectivity index (χ2n) is 8.55. The lowest BCUT2D eigenvalue weighted by Gasteiger charge is -2.49. The van der Waals surface area contributed by atoms with E-state index in [0.717, 1.165) is 5.01 Å². The molecule has 2 aliphatic heterocycles. The molecule has 0 bridgehead atoms. The SMILES string of the molecule is COC(=O)C=C(C)NC(C(=O)N[C@@H]1C(=O)N2C(C(=O)O)=C(CSc3nnc(C)s3)CS[C@@H]12)c1ccc(O)cc1. The molecule has 4 N–H and O–H groups in total. The summed E-state index contributed by atoms with van der Waals surface area (Å²) < 4.78 is 5.34. The summed E-state index contributed by atoms with van der Waals surface area (Å²) in [4.78, 5) is 51.5. The zero-order valence-electron chi connectivity index (χ0n) is 21.0. The zero-order chi connectivity index (χ0) is 28.3. The van der Waals surface area contributed by atoms with Gasteiger partial charge < -0.3 is 25.6 Å². The van der Waals surface area contributed by atoms with E-state index >= 15 is 0 Å². The first-order valence-electron chi connectivity index (χ1n) is 11.5. The number of phenolic OH excluding ortho intramolecular Hbond substituents is 1. The van der Waals surface area contributed by atoms with Crippen LogP contribution in [0.2, 0.25) is 0 Å². The van der Waals surface area contributed by atoms with Gasteiger partial charge in [0.2, 0.25) is 5.91 Å². The molecule has 1 fully saturated rings. The Labute approximate surface area is 235 Å².